The number of aliphatic carboxylic acids is 1. The first kappa shape index (κ1) is 41.8. The molecule has 0 bridgehead atoms. The van der Waals surface area contributed by atoms with E-state index in [1.165, 1.54) is 12.0 Å². The number of nitrogens with zero attached hydrogens (tertiary/aromatic N) is 2. The Hall–Kier alpha value is -2.88. The summed E-state index contributed by atoms with van der Waals surface area (Å²) in [4.78, 5) is 60.0. The molecule has 0 spiro atoms. The number of rotatable bonds is 10. The average Bonchev–Trinajstić information content (AvgIpc) is 3.46. The van der Waals surface area contributed by atoms with Crippen LogP contribution in [0.1, 0.15) is 131 Å². The summed E-state index contributed by atoms with van der Waals surface area (Å²) in [6.45, 7) is 18.2. The molecule has 1 saturated heterocycles. The molecule has 58 heavy (non-hydrogen) atoms. The SMILES string of the molecule is CC(C)C1=C2C3CCC4C(C)(CCC5C(C)(C)C(CC(=O)C6CC(C(=O)O)C6C)CCC54C)C3CCC2(CC(=O)NCc2ccc(N3CCS(=O)CC3)nc2)CC1=O. The summed E-state index contributed by atoms with van der Waals surface area (Å²) in [5, 5.41) is 12.7. The van der Waals surface area contributed by atoms with Gasteiger partial charge in [-0.25, -0.2) is 4.98 Å². The zero-order valence-corrected chi connectivity index (χ0v) is 37.1. The van der Waals surface area contributed by atoms with Crippen LogP contribution in [0.2, 0.25) is 0 Å². The summed E-state index contributed by atoms with van der Waals surface area (Å²) < 4.78 is 11.8. The van der Waals surface area contributed by atoms with Crippen LogP contribution < -0.4 is 10.2 Å². The molecule has 0 aromatic carbocycles. The normalized spacial score (nSPS) is 39.6. The van der Waals surface area contributed by atoms with Crippen molar-refractivity contribution in [2.75, 3.05) is 29.5 Å². The molecular weight excluding hydrogens is 747 g/mol. The second-order valence-corrected chi connectivity index (χ2v) is 23.2. The summed E-state index contributed by atoms with van der Waals surface area (Å²) in [6, 6.07) is 4.02. The van der Waals surface area contributed by atoms with E-state index >= 15 is 0 Å². The van der Waals surface area contributed by atoms with E-state index in [1.807, 2.05) is 25.3 Å². The van der Waals surface area contributed by atoms with Crippen LogP contribution in [-0.4, -0.2) is 62.3 Å². The van der Waals surface area contributed by atoms with Crippen molar-refractivity contribution in [3.63, 3.8) is 0 Å². The molecule has 1 aromatic heterocycles. The number of carboxylic acids is 1. The number of pyridine rings is 1. The van der Waals surface area contributed by atoms with Gasteiger partial charge in [0.25, 0.3) is 0 Å². The Balaban J connectivity index is 0.962. The second-order valence-electron chi connectivity index (χ2n) is 21.5. The number of anilines is 1. The molecule has 10 heteroatoms. The Morgan fingerprint density at radius 2 is 1.67 bits per heavy atom. The van der Waals surface area contributed by atoms with E-state index in [-0.39, 0.29) is 57.4 Å². The van der Waals surface area contributed by atoms with Gasteiger partial charge in [0.2, 0.25) is 5.91 Å². The van der Waals surface area contributed by atoms with Crippen molar-refractivity contribution in [1.82, 2.24) is 10.3 Å². The molecule has 5 saturated carbocycles. The minimum Gasteiger partial charge on any atom is -0.481 e. The fourth-order valence-electron chi connectivity index (χ4n) is 15.2. The molecule has 6 aliphatic carbocycles. The number of fused-ring (bicyclic) bond motifs is 7. The highest BCUT2D eigenvalue weighted by Gasteiger charge is 2.66. The number of carbonyl (C=O) groups is 4. The van der Waals surface area contributed by atoms with E-state index in [0.29, 0.717) is 73.3 Å². The van der Waals surface area contributed by atoms with Gasteiger partial charge in [-0.2, -0.15) is 0 Å². The molecule has 8 rings (SSSR count). The number of aromatic nitrogens is 1. The number of amides is 1. The molecule has 11 unspecified atom stereocenters. The quantitative estimate of drug-likeness (QED) is 0.242. The molecule has 1 aromatic rings. The summed E-state index contributed by atoms with van der Waals surface area (Å²) >= 11 is 0. The third kappa shape index (κ3) is 6.85. The zero-order chi connectivity index (χ0) is 41.5. The van der Waals surface area contributed by atoms with Crippen molar-refractivity contribution in [3.8, 4) is 0 Å². The number of carbonyl (C=O) groups excluding carboxylic acids is 3. The highest BCUT2D eigenvalue weighted by molar-refractivity contribution is 7.85. The lowest BCUT2D eigenvalue weighted by Crippen LogP contribution is -2.62. The third-order valence-corrected chi connectivity index (χ3v) is 19.5. The lowest BCUT2D eigenvalue weighted by Gasteiger charge is -2.69. The van der Waals surface area contributed by atoms with Crippen LogP contribution in [0, 0.1) is 74.9 Å². The van der Waals surface area contributed by atoms with Gasteiger partial charge in [-0.05, 0) is 133 Å². The Kier molecular flexibility index (Phi) is 11.0. The van der Waals surface area contributed by atoms with Gasteiger partial charge in [0, 0.05) is 78.7 Å². The van der Waals surface area contributed by atoms with Crippen LogP contribution in [0.25, 0.3) is 0 Å². The van der Waals surface area contributed by atoms with Crippen molar-refractivity contribution in [2.45, 2.75) is 132 Å². The van der Waals surface area contributed by atoms with Crippen molar-refractivity contribution in [1.29, 1.82) is 0 Å². The summed E-state index contributed by atoms with van der Waals surface area (Å²) in [6.07, 6.45) is 12.4. The first-order chi connectivity index (χ1) is 27.4. The maximum absolute atomic E-state index is 14.0. The first-order valence-electron chi connectivity index (χ1n) is 22.7. The molecule has 318 valence electrons. The van der Waals surface area contributed by atoms with Crippen molar-refractivity contribution in [2.24, 2.45) is 74.9 Å². The predicted octanol–water partition coefficient (Wildman–Crippen LogP) is 8.18. The molecule has 1 amide bonds. The molecule has 7 aliphatic rings. The third-order valence-electron chi connectivity index (χ3n) is 18.2. The van der Waals surface area contributed by atoms with E-state index in [4.69, 9.17) is 0 Å². The molecule has 0 radical (unpaired) electrons. The minimum atomic E-state index is -0.766. The molecule has 2 heterocycles. The standard InChI is InChI=1S/C48H69N3O6S/c1-28(2)42-37(53)24-48(25-41(54)50-27-30-8-11-40(49-26-30)51-18-20-58(57)21-19-51)17-13-35-32(43(42)48)9-10-39-46(35,6)16-14-38-45(4,5)31(12-15-47(38,39)7)22-36(52)33-23-34(29(33)3)44(55)56/h8,11,26,28-29,31-35,38-39H,9-10,12-25,27H2,1-7H3,(H,50,54)(H,55,56). The lowest BCUT2D eigenvalue weighted by molar-refractivity contribution is -0.193. The van der Waals surface area contributed by atoms with Gasteiger partial charge < -0.3 is 15.3 Å². The average molecular weight is 816 g/mol. The zero-order valence-electron chi connectivity index (χ0n) is 36.2. The fourth-order valence-corrected chi connectivity index (χ4v) is 16.2. The van der Waals surface area contributed by atoms with Gasteiger partial charge in [0.05, 0.1) is 5.92 Å². The molecule has 11 atom stereocenters. The van der Waals surface area contributed by atoms with Crippen molar-refractivity contribution < 1.29 is 28.5 Å². The molecule has 2 N–H and O–H groups in total. The van der Waals surface area contributed by atoms with Gasteiger partial charge in [0.15, 0.2) is 5.78 Å². The largest absolute Gasteiger partial charge is 0.481 e. The van der Waals surface area contributed by atoms with Gasteiger partial charge in [-0.15, -0.1) is 0 Å². The van der Waals surface area contributed by atoms with E-state index in [9.17, 15) is 28.5 Å². The number of carboxylic acid groups (broad SMARTS) is 1. The van der Waals surface area contributed by atoms with Crippen LogP contribution in [-0.2, 0) is 36.5 Å². The number of hydrogen-bond donors (Lipinski definition) is 2. The van der Waals surface area contributed by atoms with E-state index in [0.717, 1.165) is 75.0 Å². The summed E-state index contributed by atoms with van der Waals surface area (Å²) in [5.74, 6) is 3.83. The number of Topliss-reactive ketones (excluding diaryl/α,β-unsaturated/α-hetero) is 2. The van der Waals surface area contributed by atoms with Crippen LogP contribution in [0.3, 0.4) is 0 Å². The highest BCUT2D eigenvalue weighted by atomic mass is 32.2. The van der Waals surface area contributed by atoms with Crippen molar-refractivity contribution in [3.05, 3.63) is 35.0 Å². The van der Waals surface area contributed by atoms with Crippen LogP contribution in [0.15, 0.2) is 29.5 Å². The molecule has 6 fully saturated rings. The van der Waals surface area contributed by atoms with E-state index in [2.05, 4.69) is 56.7 Å². The topological polar surface area (TPSA) is 134 Å². The first-order valence-corrected chi connectivity index (χ1v) is 24.2. The molecule has 1 aliphatic heterocycles. The fraction of sp³-hybridized carbons (Fsp3) is 0.771. The van der Waals surface area contributed by atoms with Crippen LogP contribution in [0.4, 0.5) is 5.82 Å². The van der Waals surface area contributed by atoms with E-state index in [1.54, 1.807) is 0 Å². The number of ketones is 2. The number of allylic oxidation sites excluding steroid dienone is 2. The predicted molar refractivity (Wildman–Crippen MR) is 227 cm³/mol. The van der Waals surface area contributed by atoms with Gasteiger partial charge >= 0.3 is 5.97 Å². The maximum atomic E-state index is 14.0. The molecular formula is C48H69N3O6S. The Morgan fingerprint density at radius 1 is 0.948 bits per heavy atom. The summed E-state index contributed by atoms with van der Waals surface area (Å²) in [5.41, 5.74) is 3.26. The Morgan fingerprint density at radius 3 is 2.33 bits per heavy atom. The van der Waals surface area contributed by atoms with Crippen molar-refractivity contribution >= 4 is 40.1 Å². The van der Waals surface area contributed by atoms with Gasteiger partial charge in [0.1, 0.15) is 11.6 Å². The van der Waals surface area contributed by atoms with E-state index < -0.39 is 22.2 Å². The monoisotopic (exact) mass is 815 g/mol. The summed E-state index contributed by atoms with van der Waals surface area (Å²) in [7, 11) is -0.740. The lowest BCUT2D eigenvalue weighted by atomic mass is 9.35. The smallest absolute Gasteiger partial charge is 0.306 e. The number of hydrogen-bond acceptors (Lipinski definition) is 7. The van der Waals surface area contributed by atoms with Crippen LogP contribution >= 0.6 is 0 Å². The maximum Gasteiger partial charge on any atom is 0.306 e. The highest BCUT2D eigenvalue weighted by Crippen LogP contribution is 2.74. The Bertz CT molecular complexity index is 1880. The Labute approximate surface area is 349 Å². The number of nitrogens with one attached hydrogen (secondary N) is 1. The minimum absolute atomic E-state index is 0.00945. The second kappa shape index (κ2) is 15.2. The van der Waals surface area contributed by atoms with Gasteiger partial charge in [-0.1, -0.05) is 60.1 Å². The van der Waals surface area contributed by atoms with Crippen LogP contribution in [0.5, 0.6) is 0 Å². The van der Waals surface area contributed by atoms with Gasteiger partial charge in [-0.3, -0.25) is 23.4 Å². The molecule has 9 nitrogen and oxygen atoms in total.